The summed E-state index contributed by atoms with van der Waals surface area (Å²) >= 11 is 7.80. The molecule has 1 aliphatic heterocycles. The minimum absolute atomic E-state index is 0.0536. The Balaban J connectivity index is 1.72. The van der Waals surface area contributed by atoms with Crippen molar-refractivity contribution in [2.45, 2.75) is 4.90 Å². The van der Waals surface area contributed by atoms with Gasteiger partial charge in [-0.05, 0) is 36.6 Å². The second-order valence-electron chi connectivity index (χ2n) is 5.61. The highest BCUT2D eigenvalue weighted by Gasteiger charge is 2.25. The van der Waals surface area contributed by atoms with Crippen LogP contribution in [-0.2, 0) is 0 Å². The van der Waals surface area contributed by atoms with E-state index in [9.17, 15) is 10.1 Å². The molecule has 3 rings (SSSR count). The van der Waals surface area contributed by atoms with Gasteiger partial charge in [0.05, 0.1) is 16.1 Å². The Morgan fingerprint density at radius 2 is 2.04 bits per heavy atom. The van der Waals surface area contributed by atoms with E-state index in [0.717, 1.165) is 4.90 Å². The number of nitriles is 1. The summed E-state index contributed by atoms with van der Waals surface area (Å²) in [4.78, 5) is 22.0. The zero-order valence-electron chi connectivity index (χ0n) is 13.8. The van der Waals surface area contributed by atoms with Crippen LogP contribution in [0.15, 0.2) is 41.4 Å². The minimum atomic E-state index is -0.0536. The number of piperazine rings is 1. The standard InChI is InChI=1S/C18H17ClN4OS/c1-25-14-4-5-16(19)15(11-14)18(24)23-9-7-22(8-10-23)17-13(12-20)3-2-6-21-17/h2-6,11H,7-10H2,1H3. The van der Waals surface area contributed by atoms with Crippen LogP contribution in [0.2, 0.25) is 5.02 Å². The van der Waals surface area contributed by atoms with Crippen LogP contribution in [0.25, 0.3) is 0 Å². The number of amides is 1. The summed E-state index contributed by atoms with van der Waals surface area (Å²) in [7, 11) is 0. The number of carbonyl (C=O) groups is 1. The van der Waals surface area contributed by atoms with Crippen LogP contribution in [-0.4, -0.2) is 48.2 Å². The number of carbonyl (C=O) groups excluding carboxylic acids is 1. The maximum Gasteiger partial charge on any atom is 0.255 e. The van der Waals surface area contributed by atoms with Gasteiger partial charge in [0.25, 0.3) is 5.91 Å². The van der Waals surface area contributed by atoms with Gasteiger partial charge in [0.1, 0.15) is 11.9 Å². The average Bonchev–Trinajstić information content (AvgIpc) is 2.68. The largest absolute Gasteiger partial charge is 0.352 e. The number of pyridine rings is 1. The molecule has 2 heterocycles. The number of hydrogen-bond donors (Lipinski definition) is 0. The van der Waals surface area contributed by atoms with Crippen molar-refractivity contribution in [3.8, 4) is 6.07 Å². The summed E-state index contributed by atoms with van der Waals surface area (Å²) in [5.41, 5.74) is 1.09. The van der Waals surface area contributed by atoms with E-state index in [4.69, 9.17) is 11.6 Å². The molecule has 0 N–H and O–H groups in total. The zero-order valence-corrected chi connectivity index (χ0v) is 15.3. The minimum Gasteiger partial charge on any atom is -0.352 e. The van der Waals surface area contributed by atoms with Gasteiger partial charge in [-0.15, -0.1) is 11.8 Å². The third kappa shape index (κ3) is 3.73. The predicted octanol–water partition coefficient (Wildman–Crippen LogP) is 3.29. The maximum atomic E-state index is 12.8. The molecule has 0 aliphatic carbocycles. The van der Waals surface area contributed by atoms with Gasteiger partial charge in [0.2, 0.25) is 0 Å². The SMILES string of the molecule is CSc1ccc(Cl)c(C(=O)N2CCN(c3ncccc3C#N)CC2)c1. The normalized spacial score (nSPS) is 14.3. The first-order valence-electron chi connectivity index (χ1n) is 7.87. The third-order valence-electron chi connectivity index (χ3n) is 4.18. The lowest BCUT2D eigenvalue weighted by Gasteiger charge is -2.35. The number of halogens is 1. The summed E-state index contributed by atoms with van der Waals surface area (Å²) in [5, 5.41) is 9.69. The van der Waals surface area contributed by atoms with Gasteiger partial charge in [0, 0.05) is 37.3 Å². The summed E-state index contributed by atoms with van der Waals surface area (Å²) in [6.07, 6.45) is 3.65. The monoisotopic (exact) mass is 372 g/mol. The Hall–Kier alpha value is -2.23. The molecule has 1 aliphatic rings. The molecular formula is C18H17ClN4OS. The van der Waals surface area contributed by atoms with Crippen molar-refractivity contribution in [3.05, 3.63) is 52.7 Å². The Kier molecular flexibility index (Phi) is 5.47. The highest BCUT2D eigenvalue weighted by Crippen LogP contribution is 2.25. The topological polar surface area (TPSA) is 60.2 Å². The Morgan fingerprint density at radius 1 is 1.28 bits per heavy atom. The quantitative estimate of drug-likeness (QED) is 0.774. The van der Waals surface area contributed by atoms with Crippen LogP contribution in [0.1, 0.15) is 15.9 Å². The van der Waals surface area contributed by atoms with E-state index in [1.807, 2.05) is 23.3 Å². The fraction of sp³-hybridized carbons (Fsp3) is 0.278. The molecule has 1 fully saturated rings. The number of hydrogen-bond acceptors (Lipinski definition) is 5. The lowest BCUT2D eigenvalue weighted by Crippen LogP contribution is -2.49. The molecule has 0 bridgehead atoms. The smallest absolute Gasteiger partial charge is 0.255 e. The molecule has 1 amide bonds. The second-order valence-corrected chi connectivity index (χ2v) is 6.90. The highest BCUT2D eigenvalue weighted by molar-refractivity contribution is 7.98. The molecule has 25 heavy (non-hydrogen) atoms. The third-order valence-corrected chi connectivity index (χ3v) is 5.23. The molecule has 128 valence electrons. The number of rotatable bonds is 3. The van der Waals surface area contributed by atoms with E-state index in [1.54, 1.807) is 41.1 Å². The van der Waals surface area contributed by atoms with E-state index < -0.39 is 0 Å². The van der Waals surface area contributed by atoms with E-state index >= 15 is 0 Å². The molecule has 7 heteroatoms. The average molecular weight is 373 g/mol. The number of anilines is 1. The van der Waals surface area contributed by atoms with Crippen molar-refractivity contribution in [2.24, 2.45) is 0 Å². The van der Waals surface area contributed by atoms with Gasteiger partial charge in [0.15, 0.2) is 0 Å². The van der Waals surface area contributed by atoms with Crippen LogP contribution >= 0.6 is 23.4 Å². The van der Waals surface area contributed by atoms with E-state index in [2.05, 4.69) is 11.1 Å². The molecule has 1 aromatic heterocycles. The lowest BCUT2D eigenvalue weighted by atomic mass is 10.1. The fourth-order valence-electron chi connectivity index (χ4n) is 2.82. The zero-order chi connectivity index (χ0) is 17.8. The summed E-state index contributed by atoms with van der Waals surface area (Å²) < 4.78 is 0. The van der Waals surface area contributed by atoms with E-state index in [-0.39, 0.29) is 5.91 Å². The summed E-state index contributed by atoms with van der Waals surface area (Å²) in [6, 6.07) is 11.2. The van der Waals surface area contributed by atoms with Gasteiger partial charge in [-0.3, -0.25) is 4.79 Å². The van der Waals surface area contributed by atoms with Crippen LogP contribution in [0.5, 0.6) is 0 Å². The van der Waals surface area contributed by atoms with Crippen molar-refractivity contribution in [1.82, 2.24) is 9.88 Å². The van der Waals surface area contributed by atoms with Crippen LogP contribution in [0.4, 0.5) is 5.82 Å². The first kappa shape index (κ1) is 17.6. The molecule has 1 saturated heterocycles. The van der Waals surface area contributed by atoms with E-state index in [1.165, 1.54) is 0 Å². The predicted molar refractivity (Wildman–Crippen MR) is 100 cm³/mol. The van der Waals surface area contributed by atoms with Gasteiger partial charge in [-0.1, -0.05) is 11.6 Å². The lowest BCUT2D eigenvalue weighted by molar-refractivity contribution is 0.0746. The number of aromatic nitrogens is 1. The van der Waals surface area contributed by atoms with Crippen molar-refractivity contribution >= 4 is 35.1 Å². The molecule has 0 atom stereocenters. The Labute approximate surface area is 156 Å². The number of thioether (sulfide) groups is 1. The Bertz CT molecular complexity index is 828. The van der Waals surface area contributed by atoms with Crippen LogP contribution < -0.4 is 4.90 Å². The van der Waals surface area contributed by atoms with Gasteiger partial charge < -0.3 is 9.80 Å². The molecular weight excluding hydrogens is 356 g/mol. The molecule has 0 radical (unpaired) electrons. The molecule has 1 aromatic carbocycles. The van der Waals surface area contributed by atoms with Crippen molar-refractivity contribution in [1.29, 1.82) is 5.26 Å². The maximum absolute atomic E-state index is 12.8. The second kappa shape index (κ2) is 7.77. The molecule has 2 aromatic rings. The number of benzene rings is 1. The van der Waals surface area contributed by atoms with Gasteiger partial charge >= 0.3 is 0 Å². The molecule has 5 nitrogen and oxygen atoms in total. The van der Waals surface area contributed by atoms with Crippen LogP contribution in [0, 0.1) is 11.3 Å². The van der Waals surface area contributed by atoms with Crippen molar-refractivity contribution in [2.75, 3.05) is 37.3 Å². The first-order valence-corrected chi connectivity index (χ1v) is 9.47. The number of nitrogens with zero attached hydrogens (tertiary/aromatic N) is 4. The molecule has 0 spiro atoms. The molecule has 0 saturated carbocycles. The van der Waals surface area contributed by atoms with Crippen LogP contribution in [0.3, 0.4) is 0 Å². The van der Waals surface area contributed by atoms with E-state index in [0.29, 0.717) is 48.1 Å². The Morgan fingerprint density at radius 3 is 2.72 bits per heavy atom. The summed E-state index contributed by atoms with van der Waals surface area (Å²) in [5.74, 6) is 0.626. The summed E-state index contributed by atoms with van der Waals surface area (Å²) in [6.45, 7) is 2.41. The highest BCUT2D eigenvalue weighted by atomic mass is 35.5. The van der Waals surface area contributed by atoms with Crippen molar-refractivity contribution in [3.63, 3.8) is 0 Å². The van der Waals surface area contributed by atoms with Gasteiger partial charge in [-0.2, -0.15) is 5.26 Å². The first-order chi connectivity index (χ1) is 12.1. The fourth-order valence-corrected chi connectivity index (χ4v) is 3.46. The van der Waals surface area contributed by atoms with Crippen molar-refractivity contribution < 1.29 is 4.79 Å². The van der Waals surface area contributed by atoms with Gasteiger partial charge in [-0.25, -0.2) is 4.98 Å². The molecule has 0 unspecified atom stereocenters.